The average molecular weight is 156 g/mol. The van der Waals surface area contributed by atoms with Crippen LogP contribution >= 0.6 is 0 Å². The normalized spacial score (nSPS) is 34.9. The van der Waals surface area contributed by atoms with E-state index in [9.17, 15) is 0 Å². The fraction of sp³-hybridized carbons (Fsp3) is 1.00. The van der Waals surface area contributed by atoms with Crippen LogP contribution < -0.4 is 0 Å². The van der Waals surface area contributed by atoms with Gasteiger partial charge in [0.2, 0.25) is 0 Å². The van der Waals surface area contributed by atoms with Crippen LogP contribution in [0.1, 0.15) is 40.5 Å². The molecule has 0 aromatic rings. The van der Waals surface area contributed by atoms with Gasteiger partial charge < -0.3 is 0 Å². The molecule has 1 heterocycles. The van der Waals surface area contributed by atoms with Crippen molar-refractivity contribution in [3.8, 4) is 0 Å². The Kier molecular flexibility index (Phi) is 2.90. The van der Waals surface area contributed by atoms with Gasteiger partial charge in [-0.25, -0.2) is 10.0 Å². The van der Waals surface area contributed by atoms with Crippen LogP contribution in [0.2, 0.25) is 0 Å². The summed E-state index contributed by atoms with van der Waals surface area (Å²) in [6, 6.07) is 1.48. The van der Waals surface area contributed by atoms with Crippen molar-refractivity contribution in [2.45, 2.75) is 52.6 Å². The second kappa shape index (κ2) is 3.55. The van der Waals surface area contributed by atoms with Crippen LogP contribution in [0.15, 0.2) is 0 Å². The zero-order valence-corrected chi connectivity index (χ0v) is 8.17. The first kappa shape index (κ1) is 9.01. The lowest BCUT2D eigenvalue weighted by Gasteiger charge is -2.15. The predicted octanol–water partition coefficient (Wildman–Crippen LogP) is 2.07. The van der Waals surface area contributed by atoms with Crippen LogP contribution in [-0.2, 0) is 0 Å². The molecular formula is C9H20N2. The van der Waals surface area contributed by atoms with E-state index in [-0.39, 0.29) is 0 Å². The third-order valence-electron chi connectivity index (χ3n) is 2.73. The Bertz CT molecular complexity index is 111. The van der Waals surface area contributed by atoms with E-state index in [4.69, 9.17) is 0 Å². The second-order valence-corrected chi connectivity index (χ2v) is 3.53. The highest BCUT2D eigenvalue weighted by Crippen LogP contribution is 2.25. The predicted molar refractivity (Wildman–Crippen MR) is 48.1 cm³/mol. The molecule has 4 atom stereocenters. The molecular weight excluding hydrogens is 136 g/mol. The minimum absolute atomic E-state index is 0.740. The van der Waals surface area contributed by atoms with Gasteiger partial charge in [0.25, 0.3) is 0 Å². The van der Waals surface area contributed by atoms with Gasteiger partial charge in [0.1, 0.15) is 0 Å². The van der Waals surface area contributed by atoms with Crippen LogP contribution in [0.4, 0.5) is 0 Å². The summed E-state index contributed by atoms with van der Waals surface area (Å²) in [5.41, 5.74) is 0. The molecule has 0 bridgehead atoms. The number of hydrazine groups is 1. The molecule has 4 unspecified atom stereocenters. The van der Waals surface area contributed by atoms with Gasteiger partial charge >= 0.3 is 0 Å². The fourth-order valence-electron chi connectivity index (χ4n) is 1.33. The Hall–Kier alpha value is -0.0800. The molecule has 0 aromatic carbocycles. The van der Waals surface area contributed by atoms with Crippen LogP contribution in [0.5, 0.6) is 0 Å². The van der Waals surface area contributed by atoms with Crippen molar-refractivity contribution >= 4 is 0 Å². The molecule has 0 amide bonds. The molecule has 66 valence electrons. The van der Waals surface area contributed by atoms with E-state index in [0.29, 0.717) is 0 Å². The first-order chi connectivity index (χ1) is 5.20. The van der Waals surface area contributed by atoms with Gasteiger partial charge in [0.15, 0.2) is 0 Å². The molecule has 0 spiro atoms. The Morgan fingerprint density at radius 3 is 1.64 bits per heavy atom. The summed E-state index contributed by atoms with van der Waals surface area (Å²) >= 11 is 0. The minimum atomic E-state index is 0.740. The Morgan fingerprint density at radius 2 is 1.36 bits per heavy atom. The van der Waals surface area contributed by atoms with E-state index in [0.717, 1.165) is 12.1 Å². The Balaban J connectivity index is 2.25. The number of nitrogens with zero attached hydrogens (tertiary/aromatic N) is 2. The van der Waals surface area contributed by atoms with E-state index >= 15 is 0 Å². The summed E-state index contributed by atoms with van der Waals surface area (Å²) in [7, 11) is 0. The molecule has 1 rings (SSSR count). The Labute approximate surface area is 70.1 Å². The van der Waals surface area contributed by atoms with Gasteiger partial charge in [-0.05, 0) is 26.7 Å². The summed E-state index contributed by atoms with van der Waals surface area (Å²) < 4.78 is 0. The van der Waals surface area contributed by atoms with Crippen LogP contribution in [0, 0.1) is 0 Å². The third kappa shape index (κ3) is 1.94. The standard InChI is InChI=1S/C9H20N2/c1-5-8(3)10-7-11(10)9(4)6-2/h8-9H,5-7H2,1-4H3. The van der Waals surface area contributed by atoms with Gasteiger partial charge in [0.05, 0.1) is 6.67 Å². The zero-order chi connectivity index (χ0) is 8.43. The molecule has 2 nitrogen and oxygen atoms in total. The van der Waals surface area contributed by atoms with Gasteiger partial charge in [0, 0.05) is 12.1 Å². The molecule has 0 aliphatic carbocycles. The molecule has 1 aliphatic rings. The molecule has 0 saturated carbocycles. The highest BCUT2D eigenvalue weighted by Gasteiger charge is 2.36. The lowest BCUT2D eigenvalue weighted by atomic mass is 10.2. The maximum atomic E-state index is 2.45. The molecule has 1 aliphatic heterocycles. The lowest BCUT2D eigenvalue weighted by molar-refractivity contribution is 0.200. The monoisotopic (exact) mass is 156 g/mol. The van der Waals surface area contributed by atoms with Gasteiger partial charge in [-0.1, -0.05) is 13.8 Å². The fourth-order valence-corrected chi connectivity index (χ4v) is 1.33. The maximum Gasteiger partial charge on any atom is 0.0793 e. The van der Waals surface area contributed by atoms with Crippen LogP contribution in [-0.4, -0.2) is 28.8 Å². The van der Waals surface area contributed by atoms with Crippen molar-refractivity contribution in [2.24, 2.45) is 0 Å². The number of rotatable bonds is 4. The van der Waals surface area contributed by atoms with Crippen molar-refractivity contribution < 1.29 is 0 Å². The highest BCUT2D eigenvalue weighted by molar-refractivity contribution is 4.78. The highest BCUT2D eigenvalue weighted by atomic mass is 15.8. The molecule has 1 fully saturated rings. The largest absolute Gasteiger partial charge is 0.222 e. The minimum Gasteiger partial charge on any atom is -0.222 e. The van der Waals surface area contributed by atoms with Crippen LogP contribution in [0.3, 0.4) is 0 Å². The van der Waals surface area contributed by atoms with E-state index < -0.39 is 0 Å². The molecule has 0 radical (unpaired) electrons. The lowest BCUT2D eigenvalue weighted by Crippen LogP contribution is -2.23. The second-order valence-electron chi connectivity index (χ2n) is 3.53. The van der Waals surface area contributed by atoms with Gasteiger partial charge in [-0.15, -0.1) is 0 Å². The molecule has 11 heavy (non-hydrogen) atoms. The molecule has 2 heteroatoms. The van der Waals surface area contributed by atoms with Gasteiger partial charge in [-0.2, -0.15) is 0 Å². The summed E-state index contributed by atoms with van der Waals surface area (Å²) in [5, 5.41) is 4.91. The average Bonchev–Trinajstić information content (AvgIpc) is 2.80. The van der Waals surface area contributed by atoms with Crippen molar-refractivity contribution in [3.63, 3.8) is 0 Å². The first-order valence-electron chi connectivity index (χ1n) is 4.73. The number of hydrogen-bond donors (Lipinski definition) is 0. The summed E-state index contributed by atoms with van der Waals surface area (Å²) in [5.74, 6) is 0. The van der Waals surface area contributed by atoms with Crippen LogP contribution in [0.25, 0.3) is 0 Å². The third-order valence-corrected chi connectivity index (χ3v) is 2.73. The quantitative estimate of drug-likeness (QED) is 0.575. The van der Waals surface area contributed by atoms with Crippen molar-refractivity contribution in [1.29, 1.82) is 0 Å². The molecule has 0 aromatic heterocycles. The Morgan fingerprint density at radius 1 is 1.00 bits per heavy atom. The summed E-state index contributed by atoms with van der Waals surface area (Å²) in [4.78, 5) is 0. The summed E-state index contributed by atoms with van der Waals surface area (Å²) in [6.07, 6.45) is 2.51. The number of hydrogen-bond acceptors (Lipinski definition) is 2. The van der Waals surface area contributed by atoms with E-state index in [1.165, 1.54) is 19.5 Å². The maximum absolute atomic E-state index is 2.45. The van der Waals surface area contributed by atoms with Gasteiger partial charge in [-0.3, -0.25) is 0 Å². The smallest absolute Gasteiger partial charge is 0.0793 e. The van der Waals surface area contributed by atoms with E-state index in [1.807, 2.05) is 0 Å². The zero-order valence-electron chi connectivity index (χ0n) is 8.17. The van der Waals surface area contributed by atoms with Crippen molar-refractivity contribution in [3.05, 3.63) is 0 Å². The topological polar surface area (TPSA) is 6.02 Å². The molecule has 1 saturated heterocycles. The SMILES string of the molecule is CCC(C)N1CN1C(C)CC. The van der Waals surface area contributed by atoms with Crippen molar-refractivity contribution in [2.75, 3.05) is 6.67 Å². The molecule has 0 N–H and O–H groups in total. The van der Waals surface area contributed by atoms with Crippen molar-refractivity contribution in [1.82, 2.24) is 10.0 Å². The first-order valence-corrected chi connectivity index (χ1v) is 4.73. The van der Waals surface area contributed by atoms with E-state index in [1.54, 1.807) is 0 Å². The summed E-state index contributed by atoms with van der Waals surface area (Å²) in [6.45, 7) is 10.3. The van der Waals surface area contributed by atoms with E-state index in [2.05, 4.69) is 37.7 Å².